The molecular formula is C29H29F2N3O2. The number of rotatable bonds is 5. The third-order valence-electron chi connectivity index (χ3n) is 7.40. The second-order valence-electron chi connectivity index (χ2n) is 9.63. The predicted molar refractivity (Wildman–Crippen MR) is 135 cm³/mol. The third-order valence-corrected chi connectivity index (χ3v) is 7.40. The molecule has 0 saturated carbocycles. The number of nitrogens with zero attached hydrogens (tertiary/aromatic N) is 3. The number of benzene rings is 3. The Balaban J connectivity index is 1.32. The summed E-state index contributed by atoms with van der Waals surface area (Å²) in [6.45, 7) is 6.51. The molecule has 0 bridgehead atoms. The molecule has 186 valence electrons. The van der Waals surface area contributed by atoms with E-state index in [0.29, 0.717) is 31.9 Å². The zero-order chi connectivity index (χ0) is 25.4. The minimum absolute atomic E-state index is 0.165. The van der Waals surface area contributed by atoms with Gasteiger partial charge in [-0.3, -0.25) is 19.4 Å². The van der Waals surface area contributed by atoms with Crippen molar-refractivity contribution in [2.24, 2.45) is 0 Å². The van der Waals surface area contributed by atoms with Crippen molar-refractivity contribution in [1.82, 2.24) is 9.80 Å². The molecule has 7 heteroatoms. The van der Waals surface area contributed by atoms with Gasteiger partial charge in [0.25, 0.3) is 5.91 Å². The lowest BCUT2D eigenvalue weighted by Crippen LogP contribution is -2.53. The topological polar surface area (TPSA) is 43.9 Å². The van der Waals surface area contributed by atoms with E-state index in [1.54, 1.807) is 24.3 Å². The van der Waals surface area contributed by atoms with Crippen LogP contribution in [0.25, 0.3) is 0 Å². The summed E-state index contributed by atoms with van der Waals surface area (Å²) in [5, 5.41) is 0. The number of hydrogen-bond acceptors (Lipinski definition) is 4. The van der Waals surface area contributed by atoms with E-state index in [1.807, 2.05) is 32.0 Å². The Labute approximate surface area is 209 Å². The number of amides is 2. The van der Waals surface area contributed by atoms with Gasteiger partial charge in [0.05, 0.1) is 24.2 Å². The summed E-state index contributed by atoms with van der Waals surface area (Å²) in [4.78, 5) is 31.8. The Hall–Kier alpha value is -3.42. The maximum atomic E-state index is 13.6. The number of imide groups is 1. The summed E-state index contributed by atoms with van der Waals surface area (Å²) in [6.07, 6.45) is 0.172. The van der Waals surface area contributed by atoms with Gasteiger partial charge in [-0.25, -0.2) is 13.7 Å². The fraction of sp³-hybridized carbons (Fsp3) is 0.310. The molecule has 0 spiro atoms. The Morgan fingerprint density at radius 2 is 1.31 bits per heavy atom. The van der Waals surface area contributed by atoms with E-state index in [4.69, 9.17) is 0 Å². The van der Waals surface area contributed by atoms with E-state index >= 15 is 0 Å². The highest BCUT2D eigenvalue weighted by Gasteiger charge is 2.43. The zero-order valence-electron chi connectivity index (χ0n) is 20.5. The fourth-order valence-electron chi connectivity index (χ4n) is 5.25. The summed E-state index contributed by atoms with van der Waals surface area (Å²) in [6, 6.07) is 17.8. The average molecular weight is 490 g/mol. The number of carbonyl (C=O) groups excluding carboxylic acids is 2. The maximum Gasteiger partial charge on any atom is 0.251 e. The minimum Gasteiger partial charge on any atom is -0.290 e. The maximum absolute atomic E-state index is 13.6. The monoisotopic (exact) mass is 489 g/mol. The molecule has 5 nitrogen and oxygen atoms in total. The molecule has 3 aromatic carbocycles. The van der Waals surface area contributed by atoms with Crippen molar-refractivity contribution in [3.05, 3.63) is 101 Å². The van der Waals surface area contributed by atoms with Crippen LogP contribution >= 0.6 is 0 Å². The van der Waals surface area contributed by atoms with E-state index in [1.165, 1.54) is 29.2 Å². The van der Waals surface area contributed by atoms with Crippen LogP contribution in [0.4, 0.5) is 14.5 Å². The first kappa shape index (κ1) is 24.3. The first-order valence-corrected chi connectivity index (χ1v) is 12.2. The van der Waals surface area contributed by atoms with Crippen LogP contribution in [0.2, 0.25) is 0 Å². The largest absolute Gasteiger partial charge is 0.290 e. The minimum atomic E-state index is -0.476. The molecule has 0 radical (unpaired) electrons. The molecule has 2 heterocycles. The smallest absolute Gasteiger partial charge is 0.251 e. The Kier molecular flexibility index (Phi) is 6.69. The van der Waals surface area contributed by atoms with Crippen LogP contribution in [-0.4, -0.2) is 53.8 Å². The molecule has 5 rings (SSSR count). The molecule has 2 saturated heterocycles. The number of anilines is 1. The van der Waals surface area contributed by atoms with Gasteiger partial charge in [-0.05, 0) is 72.5 Å². The zero-order valence-corrected chi connectivity index (χ0v) is 20.5. The van der Waals surface area contributed by atoms with Gasteiger partial charge in [0.1, 0.15) is 11.6 Å². The van der Waals surface area contributed by atoms with Gasteiger partial charge >= 0.3 is 0 Å². The van der Waals surface area contributed by atoms with Gasteiger partial charge in [-0.1, -0.05) is 30.3 Å². The van der Waals surface area contributed by atoms with E-state index < -0.39 is 6.04 Å². The van der Waals surface area contributed by atoms with Gasteiger partial charge in [0, 0.05) is 26.2 Å². The molecule has 0 aromatic heterocycles. The Morgan fingerprint density at radius 3 is 1.83 bits per heavy atom. The van der Waals surface area contributed by atoms with E-state index in [9.17, 15) is 18.4 Å². The van der Waals surface area contributed by atoms with Crippen LogP contribution in [-0.2, 0) is 9.59 Å². The van der Waals surface area contributed by atoms with Crippen LogP contribution < -0.4 is 4.90 Å². The second-order valence-corrected chi connectivity index (χ2v) is 9.63. The molecule has 3 aromatic rings. The van der Waals surface area contributed by atoms with Crippen molar-refractivity contribution in [3.8, 4) is 0 Å². The summed E-state index contributed by atoms with van der Waals surface area (Å²) in [5.41, 5.74) is 4.62. The highest BCUT2D eigenvalue weighted by atomic mass is 19.1. The highest BCUT2D eigenvalue weighted by Crippen LogP contribution is 2.32. The van der Waals surface area contributed by atoms with Crippen molar-refractivity contribution < 1.29 is 18.4 Å². The van der Waals surface area contributed by atoms with Crippen molar-refractivity contribution in [2.45, 2.75) is 32.4 Å². The van der Waals surface area contributed by atoms with E-state index in [0.717, 1.165) is 22.3 Å². The number of piperazine rings is 1. The molecule has 2 aliphatic heterocycles. The normalized spacial score (nSPS) is 19.5. The van der Waals surface area contributed by atoms with Gasteiger partial charge in [-0.2, -0.15) is 0 Å². The SMILES string of the molecule is Cc1ccc(N2C(=O)C[C@H](N3CCN(C(c4ccc(F)cc4)c4ccc(F)cc4)CC3)C2=O)cc1C. The van der Waals surface area contributed by atoms with Gasteiger partial charge in [0.15, 0.2) is 0 Å². The lowest BCUT2D eigenvalue weighted by atomic mass is 9.96. The first-order valence-electron chi connectivity index (χ1n) is 12.2. The molecular weight excluding hydrogens is 460 g/mol. The molecule has 2 fully saturated rings. The standard InChI is InChI=1S/C29H29F2N3O2/c1-19-3-12-25(17-20(19)2)34-27(35)18-26(29(34)36)32-13-15-33(16-14-32)28(21-4-8-23(30)9-5-21)22-6-10-24(31)11-7-22/h3-12,17,26,28H,13-16,18H2,1-2H3/t26-/m0/s1. The van der Waals surface area contributed by atoms with E-state index in [2.05, 4.69) is 9.80 Å². The van der Waals surface area contributed by atoms with Gasteiger partial charge < -0.3 is 0 Å². The van der Waals surface area contributed by atoms with Gasteiger partial charge in [-0.15, -0.1) is 0 Å². The number of halogens is 2. The quantitative estimate of drug-likeness (QED) is 0.491. The summed E-state index contributed by atoms with van der Waals surface area (Å²) in [5.74, 6) is -0.963. The van der Waals surface area contributed by atoms with Crippen LogP contribution in [0.3, 0.4) is 0 Å². The first-order chi connectivity index (χ1) is 17.3. The molecule has 0 unspecified atom stereocenters. The van der Waals surface area contributed by atoms with Crippen molar-refractivity contribution in [1.29, 1.82) is 0 Å². The summed E-state index contributed by atoms with van der Waals surface area (Å²) >= 11 is 0. The van der Waals surface area contributed by atoms with E-state index in [-0.39, 0.29) is 35.9 Å². The Morgan fingerprint density at radius 1 is 0.750 bits per heavy atom. The van der Waals surface area contributed by atoms with Crippen LogP contribution in [0.5, 0.6) is 0 Å². The van der Waals surface area contributed by atoms with Gasteiger partial charge in [0.2, 0.25) is 5.91 Å². The second kappa shape index (κ2) is 9.91. The van der Waals surface area contributed by atoms with Crippen LogP contribution in [0.1, 0.15) is 34.7 Å². The number of carbonyl (C=O) groups is 2. The fourth-order valence-corrected chi connectivity index (χ4v) is 5.25. The molecule has 2 aliphatic rings. The van der Waals surface area contributed by atoms with Crippen LogP contribution in [0, 0.1) is 25.5 Å². The third kappa shape index (κ3) is 4.68. The molecule has 0 N–H and O–H groups in total. The summed E-state index contributed by atoms with van der Waals surface area (Å²) < 4.78 is 27.2. The molecule has 2 amide bonds. The molecule has 36 heavy (non-hydrogen) atoms. The average Bonchev–Trinajstić information content (AvgIpc) is 3.17. The molecule has 0 aliphatic carbocycles. The van der Waals surface area contributed by atoms with Crippen molar-refractivity contribution in [3.63, 3.8) is 0 Å². The predicted octanol–water partition coefficient (Wildman–Crippen LogP) is 4.62. The van der Waals surface area contributed by atoms with Crippen LogP contribution in [0.15, 0.2) is 66.7 Å². The Bertz CT molecular complexity index is 1220. The number of hydrogen-bond donors (Lipinski definition) is 0. The summed E-state index contributed by atoms with van der Waals surface area (Å²) in [7, 11) is 0. The van der Waals surface area contributed by atoms with Crippen molar-refractivity contribution >= 4 is 17.5 Å². The van der Waals surface area contributed by atoms with Crippen molar-refractivity contribution in [2.75, 3.05) is 31.1 Å². The highest BCUT2D eigenvalue weighted by molar-refractivity contribution is 6.22. The lowest BCUT2D eigenvalue weighted by molar-refractivity contribution is -0.123. The lowest BCUT2D eigenvalue weighted by Gasteiger charge is -2.41. The molecule has 1 atom stereocenters. The number of aryl methyl sites for hydroxylation is 2.